The first-order chi connectivity index (χ1) is 10.7. The van der Waals surface area contributed by atoms with E-state index >= 15 is 0 Å². The van der Waals surface area contributed by atoms with E-state index in [2.05, 4.69) is 6.08 Å². The summed E-state index contributed by atoms with van der Waals surface area (Å²) in [6, 6.07) is 15.2. The number of nitriles is 2. The number of fused-ring (bicyclic) bond motifs is 1. The first kappa shape index (κ1) is 14.5. The van der Waals surface area contributed by atoms with Crippen molar-refractivity contribution in [2.45, 2.75) is 6.42 Å². The lowest BCUT2D eigenvalue weighted by atomic mass is 9.91. The molecule has 0 amide bonds. The first-order valence-corrected chi connectivity index (χ1v) is 7.41. The standard InChI is InChI=1S/C18H9ClN2S/c19-16-8-13(10-21)12(9-20)7-15(16)18-14-4-2-1-3-11(14)5-6-17(18)22/h1-5,7-8H,6H2. The van der Waals surface area contributed by atoms with E-state index in [9.17, 15) is 5.26 Å². The Morgan fingerprint density at radius 3 is 2.45 bits per heavy atom. The SMILES string of the molecule is N#Cc1cc(Cl)c(C2=c3ccccc3=CCC2=S)cc1C#N. The predicted molar refractivity (Wildman–Crippen MR) is 90.8 cm³/mol. The first-order valence-electron chi connectivity index (χ1n) is 6.62. The molecule has 0 fully saturated rings. The van der Waals surface area contributed by atoms with Crippen LogP contribution in [0.2, 0.25) is 5.02 Å². The highest BCUT2D eigenvalue weighted by Gasteiger charge is 2.17. The van der Waals surface area contributed by atoms with Gasteiger partial charge in [0.1, 0.15) is 12.1 Å². The zero-order valence-corrected chi connectivity index (χ0v) is 13.0. The molecule has 0 spiro atoms. The molecule has 3 rings (SSSR count). The molecule has 2 aromatic carbocycles. The van der Waals surface area contributed by atoms with Gasteiger partial charge in [0.2, 0.25) is 0 Å². The third-order valence-corrected chi connectivity index (χ3v) is 4.32. The summed E-state index contributed by atoms with van der Waals surface area (Å²) in [4.78, 5) is 0.786. The molecule has 1 aliphatic carbocycles. The quantitative estimate of drug-likeness (QED) is 0.759. The fourth-order valence-corrected chi connectivity index (χ4v) is 3.16. The van der Waals surface area contributed by atoms with Crippen molar-refractivity contribution in [3.05, 3.63) is 68.5 Å². The van der Waals surface area contributed by atoms with Crippen molar-refractivity contribution < 1.29 is 0 Å². The van der Waals surface area contributed by atoms with Crippen LogP contribution in [0.1, 0.15) is 23.1 Å². The smallest absolute Gasteiger partial charge is 0.101 e. The van der Waals surface area contributed by atoms with Crippen LogP contribution in [0.5, 0.6) is 0 Å². The van der Waals surface area contributed by atoms with Crippen LogP contribution in [0.3, 0.4) is 0 Å². The lowest BCUT2D eigenvalue weighted by Crippen LogP contribution is -2.32. The number of rotatable bonds is 1. The van der Waals surface area contributed by atoms with Crippen LogP contribution in [-0.4, -0.2) is 4.86 Å². The van der Waals surface area contributed by atoms with E-state index in [1.54, 1.807) is 6.07 Å². The maximum Gasteiger partial charge on any atom is 0.101 e. The molecule has 4 heteroatoms. The van der Waals surface area contributed by atoms with E-state index in [4.69, 9.17) is 29.1 Å². The normalized spacial score (nSPS) is 12.9. The second-order valence-electron chi connectivity index (χ2n) is 4.89. The van der Waals surface area contributed by atoms with Gasteiger partial charge in [-0.3, -0.25) is 0 Å². The van der Waals surface area contributed by atoms with Crippen molar-refractivity contribution >= 4 is 40.3 Å². The highest BCUT2D eigenvalue weighted by atomic mass is 35.5. The Morgan fingerprint density at radius 2 is 1.73 bits per heavy atom. The van der Waals surface area contributed by atoms with Gasteiger partial charge in [-0.1, -0.05) is 54.2 Å². The van der Waals surface area contributed by atoms with Gasteiger partial charge in [-0.15, -0.1) is 0 Å². The van der Waals surface area contributed by atoms with E-state index in [-0.39, 0.29) is 5.56 Å². The molecule has 2 aromatic rings. The summed E-state index contributed by atoms with van der Waals surface area (Å²) in [5.74, 6) is 0. The Hall–Kier alpha value is -2.46. The Morgan fingerprint density at radius 1 is 1.05 bits per heavy atom. The molecule has 0 saturated carbocycles. The Labute approximate surface area is 138 Å². The Kier molecular flexibility index (Phi) is 3.77. The van der Waals surface area contributed by atoms with Crippen LogP contribution < -0.4 is 10.4 Å². The summed E-state index contributed by atoms with van der Waals surface area (Å²) in [7, 11) is 0. The number of hydrogen-bond acceptors (Lipinski definition) is 3. The second-order valence-corrected chi connectivity index (χ2v) is 5.79. The fraction of sp³-hybridized carbons (Fsp3) is 0.0556. The van der Waals surface area contributed by atoms with E-state index in [1.165, 1.54) is 6.07 Å². The maximum absolute atomic E-state index is 9.23. The highest BCUT2D eigenvalue weighted by molar-refractivity contribution is 7.81. The van der Waals surface area contributed by atoms with Crippen LogP contribution in [-0.2, 0) is 0 Å². The fourth-order valence-electron chi connectivity index (χ4n) is 2.60. The topological polar surface area (TPSA) is 47.6 Å². The molecule has 0 heterocycles. The summed E-state index contributed by atoms with van der Waals surface area (Å²) < 4.78 is 0. The van der Waals surface area contributed by atoms with Crippen molar-refractivity contribution in [3.8, 4) is 12.1 Å². The van der Waals surface area contributed by atoms with Gasteiger partial charge in [-0.05, 0) is 22.6 Å². The zero-order chi connectivity index (χ0) is 15.7. The van der Waals surface area contributed by atoms with E-state index < -0.39 is 0 Å². The molecular weight excluding hydrogens is 312 g/mol. The van der Waals surface area contributed by atoms with Gasteiger partial charge in [0.05, 0.1) is 11.1 Å². The van der Waals surface area contributed by atoms with Crippen molar-refractivity contribution in [1.29, 1.82) is 10.5 Å². The summed E-state index contributed by atoms with van der Waals surface area (Å²) in [5.41, 5.74) is 2.17. The molecule has 0 saturated heterocycles. The number of benzene rings is 2. The van der Waals surface area contributed by atoms with Gasteiger partial charge in [-0.25, -0.2) is 0 Å². The maximum atomic E-state index is 9.23. The van der Waals surface area contributed by atoms with E-state index in [1.807, 2.05) is 36.4 Å². The number of halogens is 1. The van der Waals surface area contributed by atoms with Gasteiger partial charge in [0.15, 0.2) is 0 Å². The minimum absolute atomic E-state index is 0.276. The van der Waals surface area contributed by atoms with Crippen LogP contribution in [0.25, 0.3) is 11.6 Å². The Bertz CT molecular complexity index is 1010. The van der Waals surface area contributed by atoms with Crippen LogP contribution in [0.4, 0.5) is 0 Å². The molecule has 0 aliphatic heterocycles. The molecule has 0 unspecified atom stereocenters. The molecule has 0 aromatic heterocycles. The van der Waals surface area contributed by atoms with Gasteiger partial charge in [0.25, 0.3) is 0 Å². The average Bonchev–Trinajstić information content (AvgIpc) is 2.55. The lowest BCUT2D eigenvalue weighted by molar-refractivity contribution is 1.40. The molecule has 0 N–H and O–H groups in total. The summed E-state index contributed by atoms with van der Waals surface area (Å²) >= 11 is 11.9. The van der Waals surface area contributed by atoms with Crippen molar-refractivity contribution in [2.75, 3.05) is 0 Å². The minimum Gasteiger partial charge on any atom is -0.192 e. The summed E-state index contributed by atoms with van der Waals surface area (Å²) in [6.07, 6.45) is 2.75. The van der Waals surface area contributed by atoms with Crippen molar-refractivity contribution in [2.24, 2.45) is 0 Å². The van der Waals surface area contributed by atoms with Gasteiger partial charge in [0, 0.05) is 27.4 Å². The number of hydrogen-bond donors (Lipinski definition) is 0. The van der Waals surface area contributed by atoms with Crippen molar-refractivity contribution in [1.82, 2.24) is 0 Å². The second kappa shape index (κ2) is 5.73. The van der Waals surface area contributed by atoms with E-state index in [0.29, 0.717) is 22.6 Å². The van der Waals surface area contributed by atoms with Gasteiger partial charge >= 0.3 is 0 Å². The van der Waals surface area contributed by atoms with Crippen LogP contribution in [0, 0.1) is 22.7 Å². The highest BCUT2D eigenvalue weighted by Crippen LogP contribution is 2.28. The largest absolute Gasteiger partial charge is 0.192 e. The molecular formula is C18H9ClN2S. The molecule has 0 bridgehead atoms. The molecule has 0 atom stereocenters. The molecule has 2 nitrogen and oxygen atoms in total. The number of thiocarbonyl (C=S) groups is 1. The number of nitrogens with zero attached hydrogens (tertiary/aromatic N) is 2. The van der Waals surface area contributed by atoms with E-state index in [0.717, 1.165) is 20.9 Å². The molecule has 22 heavy (non-hydrogen) atoms. The van der Waals surface area contributed by atoms with Gasteiger partial charge in [-0.2, -0.15) is 10.5 Å². The lowest BCUT2D eigenvalue weighted by Gasteiger charge is -2.15. The third kappa shape index (κ3) is 2.31. The molecule has 104 valence electrons. The average molecular weight is 321 g/mol. The van der Waals surface area contributed by atoms with Crippen LogP contribution >= 0.6 is 23.8 Å². The predicted octanol–water partition coefficient (Wildman–Crippen LogP) is 2.84. The summed E-state index contributed by atoms with van der Waals surface area (Å²) in [6.45, 7) is 0. The van der Waals surface area contributed by atoms with Gasteiger partial charge < -0.3 is 0 Å². The molecule has 1 aliphatic rings. The van der Waals surface area contributed by atoms with Crippen molar-refractivity contribution in [3.63, 3.8) is 0 Å². The molecule has 0 radical (unpaired) electrons. The monoisotopic (exact) mass is 320 g/mol. The Balaban J connectivity index is 2.42. The zero-order valence-electron chi connectivity index (χ0n) is 11.4. The minimum atomic E-state index is 0.276. The van der Waals surface area contributed by atoms with Crippen LogP contribution in [0.15, 0.2) is 36.4 Å². The summed E-state index contributed by atoms with van der Waals surface area (Å²) in [5, 5.41) is 20.9. The third-order valence-electron chi connectivity index (χ3n) is 3.63.